The normalized spacial score (nSPS) is 14.1. The van der Waals surface area contributed by atoms with Gasteiger partial charge in [-0.2, -0.15) is 0 Å². The van der Waals surface area contributed by atoms with Crippen LogP contribution in [-0.4, -0.2) is 49.4 Å². The monoisotopic (exact) mass is 399 g/mol. The summed E-state index contributed by atoms with van der Waals surface area (Å²) in [5.74, 6) is 0.0402. The van der Waals surface area contributed by atoms with Gasteiger partial charge in [-0.1, -0.05) is 35.9 Å². The van der Waals surface area contributed by atoms with Gasteiger partial charge in [0.05, 0.1) is 0 Å². The first-order chi connectivity index (χ1) is 13.5. The van der Waals surface area contributed by atoms with E-state index in [-0.39, 0.29) is 11.8 Å². The van der Waals surface area contributed by atoms with Gasteiger partial charge in [0, 0.05) is 62.5 Å². The topological polar surface area (TPSA) is 43.9 Å². The van der Waals surface area contributed by atoms with E-state index in [1.54, 1.807) is 11.8 Å². The van der Waals surface area contributed by atoms with Crippen molar-refractivity contribution in [3.8, 4) is 0 Å². The van der Waals surface area contributed by atoms with Crippen molar-refractivity contribution >= 4 is 34.8 Å². The standard InChI is InChI=1S/C22H26ClN3O2/c1-17-6-3-4-9-21(17)26(18(2)27)11-10-22(28)25-14-12-24(13-15-25)20-8-5-7-19(23)16-20/h3-9,16H,10-15H2,1-2H3. The quantitative estimate of drug-likeness (QED) is 0.769. The Morgan fingerprint density at radius 2 is 1.75 bits per heavy atom. The first-order valence-electron chi connectivity index (χ1n) is 9.58. The lowest BCUT2D eigenvalue weighted by Gasteiger charge is -2.36. The van der Waals surface area contributed by atoms with Crippen LogP contribution in [0.5, 0.6) is 0 Å². The van der Waals surface area contributed by atoms with E-state index in [9.17, 15) is 9.59 Å². The molecular weight excluding hydrogens is 374 g/mol. The molecule has 3 rings (SSSR count). The molecule has 1 aliphatic rings. The summed E-state index contributed by atoms with van der Waals surface area (Å²) in [7, 11) is 0. The highest BCUT2D eigenvalue weighted by Crippen LogP contribution is 2.22. The molecule has 0 N–H and O–H groups in total. The summed E-state index contributed by atoms with van der Waals surface area (Å²) in [5, 5.41) is 0.719. The van der Waals surface area contributed by atoms with Crippen molar-refractivity contribution in [2.45, 2.75) is 20.3 Å². The highest BCUT2D eigenvalue weighted by molar-refractivity contribution is 6.30. The van der Waals surface area contributed by atoms with Gasteiger partial charge in [0.1, 0.15) is 0 Å². The summed E-state index contributed by atoms with van der Waals surface area (Å²) in [6.07, 6.45) is 0.324. The Kier molecular flexibility index (Phi) is 6.57. The van der Waals surface area contributed by atoms with Gasteiger partial charge >= 0.3 is 0 Å². The number of hydrogen-bond acceptors (Lipinski definition) is 3. The van der Waals surface area contributed by atoms with E-state index in [0.29, 0.717) is 26.1 Å². The predicted molar refractivity (Wildman–Crippen MR) is 114 cm³/mol. The van der Waals surface area contributed by atoms with Gasteiger partial charge in [0.2, 0.25) is 11.8 Å². The van der Waals surface area contributed by atoms with Crippen molar-refractivity contribution in [2.24, 2.45) is 0 Å². The summed E-state index contributed by atoms with van der Waals surface area (Å²) in [6, 6.07) is 15.5. The van der Waals surface area contributed by atoms with Crippen molar-refractivity contribution in [3.63, 3.8) is 0 Å². The third-order valence-electron chi connectivity index (χ3n) is 5.14. The maximum absolute atomic E-state index is 12.7. The van der Waals surface area contributed by atoms with Crippen LogP contribution in [0.1, 0.15) is 18.9 Å². The number of carbonyl (C=O) groups excluding carboxylic acids is 2. The molecule has 0 bridgehead atoms. The number of anilines is 2. The number of carbonyl (C=O) groups is 2. The molecule has 0 unspecified atom stereocenters. The smallest absolute Gasteiger partial charge is 0.224 e. The fraction of sp³-hybridized carbons (Fsp3) is 0.364. The molecule has 0 saturated carbocycles. The molecule has 0 spiro atoms. The van der Waals surface area contributed by atoms with Crippen LogP contribution in [0.3, 0.4) is 0 Å². The van der Waals surface area contributed by atoms with Gasteiger partial charge in [-0.3, -0.25) is 9.59 Å². The van der Waals surface area contributed by atoms with E-state index in [1.807, 2.05) is 60.4 Å². The Balaban J connectivity index is 1.55. The second kappa shape index (κ2) is 9.11. The average molecular weight is 400 g/mol. The second-order valence-electron chi connectivity index (χ2n) is 7.05. The minimum absolute atomic E-state index is 0.0483. The molecule has 0 atom stereocenters. The maximum atomic E-state index is 12.7. The summed E-state index contributed by atoms with van der Waals surface area (Å²) >= 11 is 6.08. The lowest BCUT2D eigenvalue weighted by molar-refractivity contribution is -0.131. The molecule has 1 fully saturated rings. The number of benzene rings is 2. The number of aryl methyl sites for hydroxylation is 1. The van der Waals surface area contributed by atoms with Gasteiger partial charge in [-0.15, -0.1) is 0 Å². The third-order valence-corrected chi connectivity index (χ3v) is 5.38. The molecule has 2 aromatic rings. The third kappa shape index (κ3) is 4.84. The second-order valence-corrected chi connectivity index (χ2v) is 7.49. The van der Waals surface area contributed by atoms with Gasteiger partial charge in [-0.25, -0.2) is 0 Å². The molecule has 2 aromatic carbocycles. The molecule has 5 nitrogen and oxygen atoms in total. The van der Waals surface area contributed by atoms with Crippen LogP contribution in [0.2, 0.25) is 5.02 Å². The average Bonchev–Trinajstić information content (AvgIpc) is 2.69. The van der Waals surface area contributed by atoms with Crippen LogP contribution in [0.15, 0.2) is 48.5 Å². The number of rotatable bonds is 5. The summed E-state index contributed by atoms with van der Waals surface area (Å²) in [5.41, 5.74) is 2.98. The summed E-state index contributed by atoms with van der Waals surface area (Å²) in [4.78, 5) is 30.6. The molecule has 1 heterocycles. The van der Waals surface area contributed by atoms with Crippen molar-refractivity contribution < 1.29 is 9.59 Å². The number of nitrogens with zero attached hydrogens (tertiary/aromatic N) is 3. The summed E-state index contributed by atoms with van der Waals surface area (Å²) in [6.45, 7) is 6.82. The van der Waals surface area contributed by atoms with Crippen LogP contribution < -0.4 is 9.80 Å². The number of para-hydroxylation sites is 1. The minimum Gasteiger partial charge on any atom is -0.368 e. The molecular formula is C22H26ClN3O2. The largest absolute Gasteiger partial charge is 0.368 e. The Hall–Kier alpha value is -2.53. The van der Waals surface area contributed by atoms with Crippen molar-refractivity contribution in [1.29, 1.82) is 0 Å². The van der Waals surface area contributed by atoms with Gasteiger partial charge in [0.25, 0.3) is 0 Å². The maximum Gasteiger partial charge on any atom is 0.224 e. The molecule has 148 valence electrons. The molecule has 1 saturated heterocycles. The highest BCUT2D eigenvalue weighted by atomic mass is 35.5. The lowest BCUT2D eigenvalue weighted by atomic mass is 10.1. The lowest BCUT2D eigenvalue weighted by Crippen LogP contribution is -2.49. The van der Waals surface area contributed by atoms with Crippen molar-refractivity contribution in [2.75, 3.05) is 42.5 Å². The van der Waals surface area contributed by atoms with E-state index in [0.717, 1.165) is 35.1 Å². The van der Waals surface area contributed by atoms with E-state index < -0.39 is 0 Å². The zero-order chi connectivity index (χ0) is 20.1. The SMILES string of the molecule is CC(=O)N(CCC(=O)N1CCN(c2cccc(Cl)c2)CC1)c1ccccc1C. The highest BCUT2D eigenvalue weighted by Gasteiger charge is 2.23. The van der Waals surface area contributed by atoms with Gasteiger partial charge in [0.15, 0.2) is 0 Å². The Bertz CT molecular complexity index is 847. The van der Waals surface area contributed by atoms with Crippen molar-refractivity contribution in [1.82, 2.24) is 4.90 Å². The van der Waals surface area contributed by atoms with Crippen LogP contribution in [0, 0.1) is 6.92 Å². The molecule has 28 heavy (non-hydrogen) atoms. The van der Waals surface area contributed by atoms with Crippen molar-refractivity contribution in [3.05, 3.63) is 59.1 Å². The van der Waals surface area contributed by atoms with Crippen LogP contribution in [-0.2, 0) is 9.59 Å². The van der Waals surface area contributed by atoms with Crippen LogP contribution >= 0.6 is 11.6 Å². The zero-order valence-corrected chi connectivity index (χ0v) is 17.2. The zero-order valence-electron chi connectivity index (χ0n) is 16.4. The Morgan fingerprint density at radius 1 is 1.04 bits per heavy atom. The van der Waals surface area contributed by atoms with Gasteiger partial charge < -0.3 is 14.7 Å². The first-order valence-corrected chi connectivity index (χ1v) is 9.95. The minimum atomic E-state index is -0.0483. The van der Waals surface area contributed by atoms with E-state index >= 15 is 0 Å². The fourth-order valence-electron chi connectivity index (χ4n) is 3.57. The molecule has 6 heteroatoms. The van der Waals surface area contributed by atoms with E-state index in [4.69, 9.17) is 11.6 Å². The number of halogens is 1. The number of hydrogen-bond donors (Lipinski definition) is 0. The predicted octanol–water partition coefficient (Wildman–Crippen LogP) is 3.74. The number of amides is 2. The molecule has 2 amide bonds. The molecule has 1 aliphatic heterocycles. The summed E-state index contributed by atoms with van der Waals surface area (Å²) < 4.78 is 0. The van der Waals surface area contributed by atoms with Crippen LogP contribution in [0.25, 0.3) is 0 Å². The number of piperazine rings is 1. The van der Waals surface area contributed by atoms with Gasteiger partial charge in [-0.05, 0) is 36.8 Å². The van der Waals surface area contributed by atoms with Crippen LogP contribution in [0.4, 0.5) is 11.4 Å². The Morgan fingerprint density at radius 3 is 2.39 bits per heavy atom. The Labute approximate surface area is 171 Å². The van der Waals surface area contributed by atoms with E-state index in [2.05, 4.69) is 4.90 Å². The van der Waals surface area contributed by atoms with E-state index in [1.165, 1.54) is 0 Å². The first kappa shape index (κ1) is 20.2. The molecule has 0 aliphatic carbocycles. The molecule has 0 radical (unpaired) electrons. The molecule has 0 aromatic heterocycles. The fourth-order valence-corrected chi connectivity index (χ4v) is 3.75.